The maximum absolute atomic E-state index is 11.6. The van der Waals surface area contributed by atoms with Crippen LogP contribution in [0.2, 0.25) is 0 Å². The summed E-state index contributed by atoms with van der Waals surface area (Å²) in [6.45, 7) is 2.05. The van der Waals surface area contributed by atoms with Crippen LogP contribution in [0.5, 0.6) is 0 Å². The molecule has 0 bridgehead atoms. The van der Waals surface area contributed by atoms with Gasteiger partial charge in [0, 0.05) is 0 Å². The Hall–Kier alpha value is -0.330. The molecular formula is C13H19ClINO2. The highest BCUT2D eigenvalue weighted by molar-refractivity contribution is 6.17. The molecule has 1 aromatic rings. The number of nitrogens with zero attached hydrogens (tertiary/aromatic N) is 1. The van der Waals surface area contributed by atoms with E-state index in [-0.39, 0.29) is 29.9 Å². The lowest BCUT2D eigenvalue weighted by atomic mass is 10.2. The van der Waals surface area contributed by atoms with Crippen LogP contribution in [0.3, 0.4) is 0 Å². The second-order valence-corrected chi connectivity index (χ2v) is 4.95. The number of esters is 1. The minimum Gasteiger partial charge on any atom is -1.00 e. The molecule has 1 rings (SSSR count). The second-order valence-electron chi connectivity index (χ2n) is 4.57. The van der Waals surface area contributed by atoms with Gasteiger partial charge in [0.25, 0.3) is 0 Å². The number of halogens is 2. The van der Waals surface area contributed by atoms with E-state index in [4.69, 9.17) is 16.3 Å². The van der Waals surface area contributed by atoms with Gasteiger partial charge in [0.1, 0.15) is 13.2 Å². The van der Waals surface area contributed by atoms with Gasteiger partial charge in [-0.3, -0.25) is 0 Å². The molecule has 0 radical (unpaired) electrons. The van der Waals surface area contributed by atoms with E-state index in [2.05, 4.69) is 14.1 Å². The van der Waals surface area contributed by atoms with Gasteiger partial charge in [0.2, 0.25) is 0 Å². The van der Waals surface area contributed by atoms with E-state index in [0.29, 0.717) is 18.1 Å². The SMILES string of the molecule is C[N+](C)(CCCl)CCOC(=O)c1ccccc1.[I-]. The van der Waals surface area contributed by atoms with Crippen molar-refractivity contribution in [2.75, 3.05) is 39.7 Å². The van der Waals surface area contributed by atoms with Gasteiger partial charge < -0.3 is 33.2 Å². The normalized spacial score (nSPS) is 10.6. The van der Waals surface area contributed by atoms with E-state index in [1.54, 1.807) is 12.1 Å². The van der Waals surface area contributed by atoms with E-state index >= 15 is 0 Å². The van der Waals surface area contributed by atoms with Gasteiger partial charge in [0.15, 0.2) is 0 Å². The van der Waals surface area contributed by atoms with E-state index in [1.165, 1.54) is 0 Å². The summed E-state index contributed by atoms with van der Waals surface area (Å²) < 4.78 is 5.97. The number of quaternary nitrogens is 1. The lowest BCUT2D eigenvalue weighted by Gasteiger charge is -2.28. The van der Waals surface area contributed by atoms with Crippen LogP contribution in [0.25, 0.3) is 0 Å². The summed E-state index contributed by atoms with van der Waals surface area (Å²) in [7, 11) is 4.14. The van der Waals surface area contributed by atoms with E-state index in [1.807, 2.05) is 18.2 Å². The second kappa shape index (κ2) is 8.72. The topological polar surface area (TPSA) is 26.3 Å². The van der Waals surface area contributed by atoms with Crippen molar-refractivity contribution in [1.82, 2.24) is 0 Å². The molecule has 0 unspecified atom stereocenters. The van der Waals surface area contributed by atoms with Crippen LogP contribution in [0.4, 0.5) is 0 Å². The quantitative estimate of drug-likeness (QED) is 0.277. The van der Waals surface area contributed by atoms with E-state index in [0.717, 1.165) is 17.6 Å². The van der Waals surface area contributed by atoms with Crippen molar-refractivity contribution in [3.63, 3.8) is 0 Å². The first-order valence-corrected chi connectivity index (χ1v) is 6.19. The molecule has 0 saturated carbocycles. The van der Waals surface area contributed by atoms with Gasteiger partial charge in [-0.25, -0.2) is 4.79 Å². The Labute approximate surface area is 131 Å². The van der Waals surface area contributed by atoms with Gasteiger partial charge in [-0.1, -0.05) is 18.2 Å². The standard InChI is InChI=1S/C13H19ClNO2.HI/c1-15(2,9-8-14)10-11-17-13(16)12-6-4-3-5-7-12;/h3-7H,8-11H2,1-2H3;1H/q+1;/p-1. The largest absolute Gasteiger partial charge is 1.00 e. The molecule has 0 N–H and O–H groups in total. The van der Waals surface area contributed by atoms with Crippen molar-refractivity contribution in [3.8, 4) is 0 Å². The number of ether oxygens (including phenoxy) is 1. The molecule has 0 saturated heterocycles. The molecule has 0 atom stereocenters. The maximum Gasteiger partial charge on any atom is 0.338 e. The first-order valence-electron chi connectivity index (χ1n) is 5.65. The minimum absolute atomic E-state index is 0. The lowest BCUT2D eigenvalue weighted by molar-refractivity contribution is -0.888. The van der Waals surface area contributed by atoms with Crippen LogP contribution in [0.15, 0.2) is 30.3 Å². The Balaban J connectivity index is 0.00000289. The molecular weight excluding hydrogens is 365 g/mol. The number of carbonyl (C=O) groups excluding carboxylic acids is 1. The maximum atomic E-state index is 11.6. The number of benzene rings is 1. The average Bonchev–Trinajstić information content (AvgIpc) is 2.29. The van der Waals surface area contributed by atoms with Crippen LogP contribution < -0.4 is 24.0 Å². The van der Waals surface area contributed by atoms with Crippen molar-refractivity contribution in [1.29, 1.82) is 0 Å². The monoisotopic (exact) mass is 383 g/mol. The van der Waals surface area contributed by atoms with E-state index < -0.39 is 0 Å². The number of carbonyl (C=O) groups is 1. The van der Waals surface area contributed by atoms with Gasteiger partial charge >= 0.3 is 5.97 Å². The third-order valence-corrected chi connectivity index (χ3v) is 2.80. The zero-order valence-electron chi connectivity index (χ0n) is 10.7. The molecule has 3 nitrogen and oxygen atoms in total. The number of alkyl halides is 1. The highest BCUT2D eigenvalue weighted by Crippen LogP contribution is 2.02. The molecule has 18 heavy (non-hydrogen) atoms. The first kappa shape index (κ1) is 17.7. The van der Waals surface area contributed by atoms with Gasteiger partial charge in [-0.2, -0.15) is 0 Å². The summed E-state index contributed by atoms with van der Waals surface area (Å²) in [6.07, 6.45) is 0. The summed E-state index contributed by atoms with van der Waals surface area (Å²) in [5.41, 5.74) is 0.593. The summed E-state index contributed by atoms with van der Waals surface area (Å²) in [5, 5.41) is 0. The summed E-state index contributed by atoms with van der Waals surface area (Å²) in [5.74, 6) is 0.344. The summed E-state index contributed by atoms with van der Waals surface area (Å²) >= 11 is 5.70. The molecule has 0 aromatic heterocycles. The van der Waals surface area contributed by atoms with Crippen molar-refractivity contribution in [2.45, 2.75) is 0 Å². The third-order valence-electron chi connectivity index (χ3n) is 2.63. The van der Waals surface area contributed by atoms with Crippen molar-refractivity contribution < 1.29 is 38.0 Å². The molecule has 1 aromatic carbocycles. The zero-order valence-corrected chi connectivity index (χ0v) is 13.6. The van der Waals surface area contributed by atoms with E-state index in [9.17, 15) is 4.79 Å². The van der Waals surface area contributed by atoms with Crippen molar-refractivity contribution in [3.05, 3.63) is 35.9 Å². The van der Waals surface area contributed by atoms with Crippen LogP contribution in [-0.2, 0) is 4.74 Å². The molecule has 0 fully saturated rings. The molecule has 102 valence electrons. The van der Waals surface area contributed by atoms with Gasteiger partial charge in [-0.15, -0.1) is 11.6 Å². The van der Waals surface area contributed by atoms with Crippen LogP contribution in [0.1, 0.15) is 10.4 Å². The molecule has 0 heterocycles. The molecule has 0 aliphatic rings. The number of likely N-dealkylation sites (N-methyl/N-ethyl adjacent to an activating group) is 1. The predicted molar refractivity (Wildman–Crippen MR) is 69.3 cm³/mol. The number of rotatable bonds is 6. The molecule has 0 amide bonds. The average molecular weight is 384 g/mol. The number of hydrogen-bond donors (Lipinski definition) is 0. The van der Waals surface area contributed by atoms with Crippen molar-refractivity contribution in [2.24, 2.45) is 0 Å². The molecule has 0 aliphatic heterocycles. The highest BCUT2D eigenvalue weighted by Gasteiger charge is 2.15. The smallest absolute Gasteiger partial charge is 0.338 e. The Morgan fingerprint density at radius 1 is 1.22 bits per heavy atom. The fraction of sp³-hybridized carbons (Fsp3) is 0.462. The summed E-state index contributed by atoms with van der Waals surface area (Å²) in [4.78, 5) is 11.6. The van der Waals surface area contributed by atoms with Crippen LogP contribution >= 0.6 is 11.6 Å². The molecule has 0 spiro atoms. The fourth-order valence-corrected chi connectivity index (χ4v) is 1.84. The molecule has 5 heteroatoms. The van der Waals surface area contributed by atoms with Gasteiger partial charge in [0.05, 0.1) is 32.1 Å². The molecule has 0 aliphatic carbocycles. The Kier molecular flexibility index (Phi) is 8.56. The van der Waals surface area contributed by atoms with Crippen LogP contribution in [0, 0.1) is 0 Å². The lowest BCUT2D eigenvalue weighted by Crippen LogP contribution is -3.00. The van der Waals surface area contributed by atoms with Crippen LogP contribution in [-0.4, -0.2) is 50.1 Å². The Morgan fingerprint density at radius 3 is 2.39 bits per heavy atom. The fourth-order valence-electron chi connectivity index (χ4n) is 1.38. The first-order chi connectivity index (χ1) is 8.05. The zero-order chi connectivity index (χ0) is 12.7. The van der Waals surface area contributed by atoms with Crippen molar-refractivity contribution >= 4 is 17.6 Å². The number of hydrogen-bond acceptors (Lipinski definition) is 2. The predicted octanol–water partition coefficient (Wildman–Crippen LogP) is -0.837. The Morgan fingerprint density at radius 2 is 1.83 bits per heavy atom. The van der Waals surface area contributed by atoms with Gasteiger partial charge in [-0.05, 0) is 12.1 Å². The minimum atomic E-state index is -0.267. The highest BCUT2D eigenvalue weighted by atomic mass is 127. The Bertz CT molecular complexity index is 357. The third kappa shape index (κ3) is 6.56. The summed E-state index contributed by atoms with van der Waals surface area (Å²) in [6, 6.07) is 9.02.